The number of rotatable bonds is 6. The second kappa shape index (κ2) is 8.11. The molecule has 1 atom stereocenters. The first kappa shape index (κ1) is 19.2. The zero-order chi connectivity index (χ0) is 20.3. The lowest BCUT2D eigenvalue weighted by Crippen LogP contribution is -2.32. The molecule has 7 heteroatoms. The van der Waals surface area contributed by atoms with Gasteiger partial charge < -0.3 is 10.1 Å². The number of fused-ring (bicyclic) bond motifs is 1. The Labute approximate surface area is 171 Å². The molecule has 0 saturated heterocycles. The molecule has 3 aromatic heterocycles. The lowest BCUT2D eigenvalue weighted by molar-refractivity contribution is 0.274. The third-order valence-corrected chi connectivity index (χ3v) is 5.62. The van der Waals surface area contributed by atoms with E-state index in [0.717, 1.165) is 66.8 Å². The van der Waals surface area contributed by atoms with E-state index < -0.39 is 0 Å². The van der Waals surface area contributed by atoms with Crippen molar-refractivity contribution in [3.05, 3.63) is 54.1 Å². The van der Waals surface area contributed by atoms with Crippen LogP contribution in [0.3, 0.4) is 0 Å². The molecular weight excluding hydrogens is 364 g/mol. The van der Waals surface area contributed by atoms with Gasteiger partial charge >= 0.3 is 0 Å². The first-order chi connectivity index (χ1) is 14.1. The molecule has 1 aliphatic rings. The molecule has 1 N–H and O–H groups in total. The van der Waals surface area contributed by atoms with Gasteiger partial charge in [-0.25, -0.2) is 19.9 Å². The monoisotopic (exact) mass is 390 g/mol. The summed E-state index contributed by atoms with van der Waals surface area (Å²) in [6, 6.07) is 4.02. The summed E-state index contributed by atoms with van der Waals surface area (Å²) in [6.07, 6.45) is 10.00. The third kappa shape index (κ3) is 4.04. The van der Waals surface area contributed by atoms with Crippen LogP contribution in [0.4, 0.5) is 5.82 Å². The normalized spacial score (nSPS) is 15.1. The molecule has 0 spiro atoms. The Morgan fingerprint density at radius 1 is 1.14 bits per heavy atom. The van der Waals surface area contributed by atoms with Gasteiger partial charge in [-0.3, -0.25) is 4.98 Å². The fraction of sp³-hybridized carbons (Fsp3) is 0.409. The van der Waals surface area contributed by atoms with E-state index in [9.17, 15) is 0 Å². The molecule has 0 amide bonds. The Bertz CT molecular complexity index is 991. The van der Waals surface area contributed by atoms with E-state index in [1.54, 1.807) is 18.7 Å². The molecule has 1 unspecified atom stereocenters. The highest BCUT2D eigenvalue weighted by Crippen LogP contribution is 2.38. The average molecular weight is 390 g/mol. The quantitative estimate of drug-likeness (QED) is 0.686. The minimum Gasteiger partial charge on any atom is -0.491 e. The van der Waals surface area contributed by atoms with Crippen LogP contribution in [0.1, 0.15) is 43.8 Å². The second-order valence-electron chi connectivity index (χ2n) is 7.66. The molecule has 1 aliphatic heterocycles. The van der Waals surface area contributed by atoms with Crippen LogP contribution in [0.15, 0.2) is 37.1 Å². The maximum absolute atomic E-state index is 6.01. The Balaban J connectivity index is 1.56. The zero-order valence-electron chi connectivity index (χ0n) is 17.1. The highest BCUT2D eigenvalue weighted by Gasteiger charge is 2.31. The number of aromatic nitrogens is 5. The molecule has 150 valence electrons. The van der Waals surface area contributed by atoms with Crippen molar-refractivity contribution in [3.8, 4) is 17.0 Å². The lowest BCUT2D eigenvalue weighted by Gasteiger charge is -2.32. The fourth-order valence-electron chi connectivity index (χ4n) is 3.55. The number of nitrogens with zero attached hydrogens (tertiary/aromatic N) is 5. The summed E-state index contributed by atoms with van der Waals surface area (Å²) in [4.78, 5) is 21.8. The highest BCUT2D eigenvalue weighted by molar-refractivity contribution is 5.60. The molecule has 3 aromatic rings. The smallest absolute Gasteiger partial charge is 0.144 e. The van der Waals surface area contributed by atoms with Gasteiger partial charge in [-0.05, 0) is 32.3 Å². The van der Waals surface area contributed by atoms with E-state index in [4.69, 9.17) is 4.74 Å². The molecule has 7 nitrogen and oxygen atoms in total. The molecule has 0 fully saturated rings. The van der Waals surface area contributed by atoms with Crippen molar-refractivity contribution >= 4 is 5.82 Å². The van der Waals surface area contributed by atoms with Gasteiger partial charge in [0, 0.05) is 47.7 Å². The molecule has 0 radical (unpaired) electrons. The molecular formula is C22H26N6O. The fourth-order valence-corrected chi connectivity index (χ4v) is 3.55. The number of hydrogen-bond donors (Lipinski definition) is 1. The van der Waals surface area contributed by atoms with Crippen LogP contribution in [0.5, 0.6) is 5.75 Å². The van der Waals surface area contributed by atoms with Gasteiger partial charge in [0.25, 0.3) is 0 Å². The van der Waals surface area contributed by atoms with Crippen LogP contribution in [-0.2, 0) is 11.8 Å². The van der Waals surface area contributed by atoms with Gasteiger partial charge in [0.1, 0.15) is 23.7 Å². The summed E-state index contributed by atoms with van der Waals surface area (Å²) >= 11 is 0. The van der Waals surface area contributed by atoms with E-state index >= 15 is 0 Å². The van der Waals surface area contributed by atoms with Crippen molar-refractivity contribution in [1.82, 2.24) is 24.9 Å². The van der Waals surface area contributed by atoms with Crippen LogP contribution < -0.4 is 10.1 Å². The summed E-state index contributed by atoms with van der Waals surface area (Å²) < 4.78 is 6.01. The minimum absolute atomic E-state index is 0.109. The topological polar surface area (TPSA) is 85.7 Å². The van der Waals surface area contributed by atoms with Crippen molar-refractivity contribution < 1.29 is 4.74 Å². The maximum Gasteiger partial charge on any atom is 0.144 e. The number of hydrogen-bond acceptors (Lipinski definition) is 7. The Kier molecular flexibility index (Phi) is 5.38. The van der Waals surface area contributed by atoms with Crippen LogP contribution >= 0.6 is 0 Å². The van der Waals surface area contributed by atoms with Crippen molar-refractivity contribution in [3.63, 3.8) is 0 Å². The summed E-state index contributed by atoms with van der Waals surface area (Å²) in [5.74, 6) is 2.48. The van der Waals surface area contributed by atoms with Gasteiger partial charge in [0.05, 0.1) is 18.0 Å². The van der Waals surface area contributed by atoms with Crippen molar-refractivity contribution in [2.75, 3.05) is 18.5 Å². The van der Waals surface area contributed by atoms with Crippen molar-refractivity contribution in [1.29, 1.82) is 0 Å². The van der Waals surface area contributed by atoms with Gasteiger partial charge in [-0.15, -0.1) is 0 Å². The summed E-state index contributed by atoms with van der Waals surface area (Å²) in [7, 11) is 0. The highest BCUT2D eigenvalue weighted by atomic mass is 16.5. The maximum atomic E-state index is 6.01. The Morgan fingerprint density at radius 2 is 1.97 bits per heavy atom. The first-order valence-corrected chi connectivity index (χ1v) is 10.0. The van der Waals surface area contributed by atoms with Crippen LogP contribution in [0.25, 0.3) is 11.3 Å². The number of ether oxygens (including phenoxy) is 1. The lowest BCUT2D eigenvalue weighted by atomic mass is 9.79. The van der Waals surface area contributed by atoms with Gasteiger partial charge in [0.2, 0.25) is 0 Å². The van der Waals surface area contributed by atoms with Crippen LogP contribution in [0.2, 0.25) is 0 Å². The number of nitrogens with one attached hydrogen (secondary N) is 1. The van der Waals surface area contributed by atoms with E-state index in [1.165, 1.54) is 5.56 Å². The Hall–Kier alpha value is -3.09. The van der Waals surface area contributed by atoms with Gasteiger partial charge in [-0.2, -0.15) is 0 Å². The largest absolute Gasteiger partial charge is 0.491 e. The Morgan fingerprint density at radius 3 is 2.76 bits per heavy atom. The van der Waals surface area contributed by atoms with Crippen LogP contribution in [0, 0.1) is 6.92 Å². The summed E-state index contributed by atoms with van der Waals surface area (Å²) in [6.45, 7) is 7.80. The van der Waals surface area contributed by atoms with Crippen LogP contribution in [-0.4, -0.2) is 38.1 Å². The predicted octanol–water partition coefficient (Wildman–Crippen LogP) is 3.74. The van der Waals surface area contributed by atoms with E-state index in [-0.39, 0.29) is 5.41 Å². The molecule has 29 heavy (non-hydrogen) atoms. The van der Waals surface area contributed by atoms with Gasteiger partial charge in [-0.1, -0.05) is 13.8 Å². The second-order valence-corrected chi connectivity index (χ2v) is 7.66. The molecule has 4 heterocycles. The summed E-state index contributed by atoms with van der Waals surface area (Å²) in [5.41, 5.74) is 3.83. The molecule has 0 aromatic carbocycles. The molecule has 0 saturated carbocycles. The predicted molar refractivity (Wildman–Crippen MR) is 112 cm³/mol. The van der Waals surface area contributed by atoms with Crippen molar-refractivity contribution in [2.24, 2.45) is 0 Å². The zero-order valence-corrected chi connectivity index (χ0v) is 17.1. The summed E-state index contributed by atoms with van der Waals surface area (Å²) in [5, 5.41) is 3.50. The standard InChI is InChI=1S/C22H26N6O/c1-4-22(3,17-7-8-23-18-6-5-9-29-21(17)18)13-26-20-10-19(27-14-28-20)16-11-24-15(2)25-12-16/h7-8,10-12,14H,4-6,9,13H2,1-3H3,(H,26,27,28). The molecule has 0 aliphatic carbocycles. The van der Waals surface area contributed by atoms with E-state index in [2.05, 4.69) is 50.2 Å². The third-order valence-electron chi connectivity index (χ3n) is 5.62. The SMILES string of the molecule is CCC(C)(CNc1cc(-c2cnc(C)nc2)ncn1)c1ccnc2c1OCCC2. The number of aryl methyl sites for hydroxylation is 2. The molecule has 4 rings (SSSR count). The van der Waals surface area contributed by atoms with E-state index in [0.29, 0.717) is 0 Å². The first-order valence-electron chi connectivity index (χ1n) is 10.0. The van der Waals surface area contributed by atoms with E-state index in [1.807, 2.05) is 19.2 Å². The van der Waals surface area contributed by atoms with Gasteiger partial charge in [0.15, 0.2) is 0 Å². The number of anilines is 1. The van der Waals surface area contributed by atoms with Crippen molar-refractivity contribution in [2.45, 2.75) is 45.4 Å². The molecule has 0 bridgehead atoms. The number of pyridine rings is 1. The average Bonchev–Trinajstić information content (AvgIpc) is 2.78. The minimum atomic E-state index is -0.109.